The lowest BCUT2D eigenvalue weighted by molar-refractivity contribution is -0.143. The van der Waals surface area contributed by atoms with Crippen LogP contribution in [-0.4, -0.2) is 31.9 Å². The molecule has 1 rings (SSSR count). The van der Waals surface area contributed by atoms with Crippen molar-refractivity contribution in [3.8, 4) is 5.75 Å². The second-order valence-electron chi connectivity index (χ2n) is 3.03. The van der Waals surface area contributed by atoms with Gasteiger partial charge in [-0.05, 0) is 17.7 Å². The third kappa shape index (κ3) is 2.70. The highest BCUT2D eigenvalue weighted by Gasteiger charge is 2.20. The van der Waals surface area contributed by atoms with Crippen molar-refractivity contribution in [3.63, 3.8) is 0 Å². The van der Waals surface area contributed by atoms with Crippen molar-refractivity contribution in [3.05, 3.63) is 29.8 Å². The highest BCUT2D eigenvalue weighted by atomic mass is 16.5. The number of methoxy groups -OCH3 is 2. The molecule has 0 radical (unpaired) electrons. The molecule has 0 amide bonds. The molecule has 0 saturated heterocycles. The first kappa shape index (κ1) is 11.5. The summed E-state index contributed by atoms with van der Waals surface area (Å²) in [6, 6.07) is 6.99. The zero-order valence-corrected chi connectivity index (χ0v) is 8.77. The lowest BCUT2D eigenvalue weighted by atomic mass is 10.00. The Kier molecular flexibility index (Phi) is 4.12. The topological polar surface area (TPSA) is 55.8 Å². The van der Waals surface area contributed by atoms with Crippen molar-refractivity contribution in [1.29, 1.82) is 0 Å². The van der Waals surface area contributed by atoms with Crippen LogP contribution in [0.5, 0.6) is 5.75 Å². The molecule has 4 heteroatoms. The number of carbonyl (C=O) groups excluding carboxylic acids is 1. The number of aliphatic hydroxyl groups is 1. The van der Waals surface area contributed by atoms with Gasteiger partial charge in [-0.1, -0.05) is 12.1 Å². The molecule has 0 heterocycles. The first-order chi connectivity index (χ1) is 7.22. The van der Waals surface area contributed by atoms with Crippen molar-refractivity contribution < 1.29 is 19.4 Å². The highest BCUT2D eigenvalue weighted by Crippen LogP contribution is 2.21. The number of hydrogen-bond donors (Lipinski definition) is 1. The largest absolute Gasteiger partial charge is 0.497 e. The molecule has 0 aliphatic carbocycles. The number of rotatable bonds is 4. The number of hydrogen-bond acceptors (Lipinski definition) is 4. The fourth-order valence-corrected chi connectivity index (χ4v) is 1.32. The first-order valence-corrected chi connectivity index (χ1v) is 4.55. The predicted octanol–water partition coefficient (Wildman–Crippen LogP) is 0.944. The Morgan fingerprint density at radius 3 is 2.73 bits per heavy atom. The molecule has 0 aliphatic heterocycles. The van der Waals surface area contributed by atoms with Crippen LogP contribution >= 0.6 is 0 Å². The molecule has 4 nitrogen and oxygen atoms in total. The minimum Gasteiger partial charge on any atom is -0.497 e. The van der Waals surface area contributed by atoms with Gasteiger partial charge in [0.2, 0.25) is 0 Å². The fraction of sp³-hybridized carbons (Fsp3) is 0.364. The van der Waals surface area contributed by atoms with Gasteiger partial charge in [0.25, 0.3) is 0 Å². The van der Waals surface area contributed by atoms with E-state index in [1.54, 1.807) is 31.4 Å². The maximum atomic E-state index is 11.3. The van der Waals surface area contributed by atoms with Crippen LogP contribution in [0, 0.1) is 0 Å². The minimum absolute atomic E-state index is 0.278. The maximum absolute atomic E-state index is 11.3. The van der Waals surface area contributed by atoms with E-state index >= 15 is 0 Å². The van der Waals surface area contributed by atoms with Gasteiger partial charge in [0.1, 0.15) is 11.7 Å². The quantitative estimate of drug-likeness (QED) is 0.751. The third-order valence-corrected chi connectivity index (χ3v) is 2.16. The molecule has 1 aromatic rings. The summed E-state index contributed by atoms with van der Waals surface area (Å²) >= 11 is 0. The summed E-state index contributed by atoms with van der Waals surface area (Å²) in [5.74, 6) is -0.453. The van der Waals surface area contributed by atoms with Crippen molar-refractivity contribution >= 4 is 5.97 Å². The Morgan fingerprint density at radius 2 is 2.20 bits per heavy atom. The first-order valence-electron chi connectivity index (χ1n) is 4.55. The Hall–Kier alpha value is -1.55. The van der Waals surface area contributed by atoms with Crippen LogP contribution in [0.3, 0.4) is 0 Å². The average molecular weight is 210 g/mol. The van der Waals surface area contributed by atoms with E-state index in [4.69, 9.17) is 9.84 Å². The third-order valence-electron chi connectivity index (χ3n) is 2.16. The van der Waals surface area contributed by atoms with Crippen LogP contribution in [0.25, 0.3) is 0 Å². The number of aliphatic hydroxyl groups excluding tert-OH is 1. The lowest BCUT2D eigenvalue weighted by Crippen LogP contribution is -2.17. The Balaban J connectivity index is 2.96. The van der Waals surface area contributed by atoms with E-state index in [1.165, 1.54) is 7.11 Å². The molecular formula is C11H14O4. The Morgan fingerprint density at radius 1 is 1.47 bits per heavy atom. The van der Waals surface area contributed by atoms with Gasteiger partial charge in [-0.3, -0.25) is 4.79 Å². The number of carbonyl (C=O) groups is 1. The zero-order valence-electron chi connectivity index (χ0n) is 8.77. The predicted molar refractivity (Wildman–Crippen MR) is 54.8 cm³/mol. The van der Waals surface area contributed by atoms with Crippen LogP contribution in [0.2, 0.25) is 0 Å². The van der Waals surface area contributed by atoms with Crippen molar-refractivity contribution in [2.75, 3.05) is 20.8 Å². The van der Waals surface area contributed by atoms with E-state index in [-0.39, 0.29) is 6.61 Å². The number of benzene rings is 1. The number of ether oxygens (including phenoxy) is 2. The fourth-order valence-electron chi connectivity index (χ4n) is 1.32. The van der Waals surface area contributed by atoms with Crippen LogP contribution < -0.4 is 4.74 Å². The van der Waals surface area contributed by atoms with Crippen molar-refractivity contribution in [1.82, 2.24) is 0 Å². The summed E-state index contributed by atoms with van der Waals surface area (Å²) in [7, 11) is 2.84. The molecule has 1 atom stereocenters. The van der Waals surface area contributed by atoms with E-state index in [1.807, 2.05) is 0 Å². The summed E-state index contributed by atoms with van der Waals surface area (Å²) in [6.45, 7) is -0.278. The van der Waals surface area contributed by atoms with Crippen LogP contribution in [0.1, 0.15) is 11.5 Å². The maximum Gasteiger partial charge on any atom is 0.315 e. The molecule has 1 unspecified atom stereocenters. The molecule has 0 saturated carbocycles. The lowest BCUT2D eigenvalue weighted by Gasteiger charge is -2.12. The van der Waals surface area contributed by atoms with Gasteiger partial charge in [0.05, 0.1) is 20.8 Å². The molecule has 0 bridgehead atoms. The molecule has 82 valence electrons. The molecule has 0 fully saturated rings. The summed E-state index contributed by atoms with van der Waals surface area (Å²) in [4.78, 5) is 11.3. The second kappa shape index (κ2) is 5.36. The van der Waals surface area contributed by atoms with E-state index in [0.717, 1.165) is 0 Å². The van der Waals surface area contributed by atoms with E-state index < -0.39 is 11.9 Å². The molecular weight excluding hydrogens is 196 g/mol. The van der Waals surface area contributed by atoms with Crippen molar-refractivity contribution in [2.45, 2.75) is 5.92 Å². The van der Waals surface area contributed by atoms with Gasteiger partial charge in [-0.2, -0.15) is 0 Å². The van der Waals surface area contributed by atoms with Gasteiger partial charge in [-0.15, -0.1) is 0 Å². The Labute approximate surface area is 88.4 Å². The van der Waals surface area contributed by atoms with Crippen molar-refractivity contribution in [2.24, 2.45) is 0 Å². The molecule has 0 aromatic heterocycles. The highest BCUT2D eigenvalue weighted by molar-refractivity contribution is 5.78. The van der Waals surface area contributed by atoms with E-state index in [2.05, 4.69) is 4.74 Å². The monoisotopic (exact) mass is 210 g/mol. The summed E-state index contributed by atoms with van der Waals surface area (Å²) in [6.07, 6.45) is 0. The normalized spacial score (nSPS) is 11.9. The van der Waals surface area contributed by atoms with Gasteiger partial charge in [0, 0.05) is 0 Å². The molecule has 0 aliphatic rings. The van der Waals surface area contributed by atoms with Crippen LogP contribution in [0.4, 0.5) is 0 Å². The SMILES string of the molecule is COC(=O)C(CO)c1cccc(OC)c1. The molecule has 1 N–H and O–H groups in total. The average Bonchev–Trinajstić information content (AvgIpc) is 2.30. The smallest absolute Gasteiger partial charge is 0.315 e. The van der Waals surface area contributed by atoms with Gasteiger partial charge >= 0.3 is 5.97 Å². The molecule has 0 spiro atoms. The van der Waals surface area contributed by atoms with Gasteiger partial charge in [-0.25, -0.2) is 0 Å². The number of esters is 1. The second-order valence-corrected chi connectivity index (χ2v) is 3.03. The van der Waals surface area contributed by atoms with E-state index in [0.29, 0.717) is 11.3 Å². The standard InChI is InChI=1S/C11H14O4/c1-14-9-5-3-4-8(6-9)10(7-12)11(13)15-2/h3-6,10,12H,7H2,1-2H3. The Bertz CT molecular complexity index is 335. The van der Waals surface area contributed by atoms with Crippen LogP contribution in [0.15, 0.2) is 24.3 Å². The van der Waals surface area contributed by atoms with E-state index in [9.17, 15) is 4.79 Å². The zero-order chi connectivity index (χ0) is 11.3. The summed E-state index contributed by atoms with van der Waals surface area (Å²) in [5, 5.41) is 9.10. The van der Waals surface area contributed by atoms with Crippen LogP contribution in [-0.2, 0) is 9.53 Å². The summed E-state index contributed by atoms with van der Waals surface area (Å²) in [5.41, 5.74) is 0.684. The molecule has 1 aromatic carbocycles. The minimum atomic E-state index is -0.648. The molecule has 15 heavy (non-hydrogen) atoms. The summed E-state index contributed by atoms with van der Waals surface area (Å²) < 4.78 is 9.62. The van der Waals surface area contributed by atoms with Gasteiger partial charge in [0.15, 0.2) is 0 Å². The van der Waals surface area contributed by atoms with Gasteiger partial charge < -0.3 is 14.6 Å².